The maximum absolute atomic E-state index is 5.22. The van der Waals surface area contributed by atoms with Crippen molar-refractivity contribution in [1.82, 2.24) is 5.32 Å². The van der Waals surface area contributed by atoms with Crippen LogP contribution in [0.1, 0.15) is 6.92 Å². The van der Waals surface area contributed by atoms with Gasteiger partial charge in [-0.25, -0.2) is 0 Å². The molecule has 0 heterocycles. The molecule has 0 radical (unpaired) electrons. The van der Waals surface area contributed by atoms with Crippen molar-refractivity contribution in [2.24, 2.45) is 0 Å². The number of hydrogen-bond acceptors (Lipinski definition) is 3. The summed E-state index contributed by atoms with van der Waals surface area (Å²) in [5.74, 6) is 5.56. The molecule has 0 aliphatic heterocycles. The molecule has 0 aliphatic rings. The molecule has 0 fully saturated rings. The van der Waals surface area contributed by atoms with Crippen LogP contribution >= 0.6 is 0 Å². The summed E-state index contributed by atoms with van der Waals surface area (Å²) in [4.78, 5) is 0. The number of ether oxygens (including phenoxy) is 2. The fraction of sp³-hybridized carbons (Fsp3) is 0.778. The fourth-order valence-electron chi connectivity index (χ4n) is 0.590. The topological polar surface area (TPSA) is 30.5 Å². The predicted molar refractivity (Wildman–Crippen MR) is 49.0 cm³/mol. The normalized spacial score (nSPS) is 9.17. The average Bonchev–Trinajstić information content (AvgIpc) is 2.10. The van der Waals surface area contributed by atoms with E-state index in [2.05, 4.69) is 17.2 Å². The first kappa shape index (κ1) is 11.4. The highest BCUT2D eigenvalue weighted by Gasteiger charge is 1.86. The summed E-state index contributed by atoms with van der Waals surface area (Å²) in [5.41, 5.74) is 0. The van der Waals surface area contributed by atoms with Crippen molar-refractivity contribution < 1.29 is 9.47 Å². The molecular formula is C9H17NO2. The third kappa shape index (κ3) is 9.44. The van der Waals surface area contributed by atoms with Gasteiger partial charge in [-0.15, -0.1) is 5.92 Å². The lowest BCUT2D eigenvalue weighted by atomic mass is 10.6. The van der Waals surface area contributed by atoms with E-state index in [-0.39, 0.29) is 0 Å². The molecule has 0 rings (SSSR count). The maximum atomic E-state index is 5.22. The molecule has 0 amide bonds. The Kier molecular flexibility index (Phi) is 9.95. The van der Waals surface area contributed by atoms with Crippen molar-refractivity contribution in [2.45, 2.75) is 6.92 Å². The highest BCUT2D eigenvalue weighted by Crippen LogP contribution is 1.76. The monoisotopic (exact) mass is 171 g/mol. The van der Waals surface area contributed by atoms with Gasteiger partial charge in [0.05, 0.1) is 19.8 Å². The van der Waals surface area contributed by atoms with E-state index in [1.165, 1.54) is 0 Å². The van der Waals surface area contributed by atoms with E-state index in [1.54, 1.807) is 6.92 Å². The first-order chi connectivity index (χ1) is 5.91. The van der Waals surface area contributed by atoms with E-state index < -0.39 is 0 Å². The van der Waals surface area contributed by atoms with Crippen LogP contribution in [-0.2, 0) is 9.47 Å². The highest BCUT2D eigenvalue weighted by atomic mass is 16.5. The van der Waals surface area contributed by atoms with E-state index in [1.807, 2.05) is 7.05 Å². The molecule has 0 saturated carbocycles. The molecule has 1 N–H and O–H groups in total. The van der Waals surface area contributed by atoms with E-state index in [9.17, 15) is 0 Å². The van der Waals surface area contributed by atoms with Crippen LogP contribution in [0.2, 0.25) is 0 Å². The van der Waals surface area contributed by atoms with Gasteiger partial charge in [0.25, 0.3) is 0 Å². The molecule has 12 heavy (non-hydrogen) atoms. The quantitative estimate of drug-likeness (QED) is 0.440. The van der Waals surface area contributed by atoms with Crippen molar-refractivity contribution in [3.05, 3.63) is 0 Å². The minimum atomic E-state index is 0.506. The Labute approximate surface area is 74.4 Å². The second-order valence-electron chi connectivity index (χ2n) is 2.20. The summed E-state index contributed by atoms with van der Waals surface area (Å²) in [6.45, 7) is 5.19. The minimum Gasteiger partial charge on any atom is -0.378 e. The van der Waals surface area contributed by atoms with E-state index >= 15 is 0 Å². The Balaban J connectivity index is 2.84. The molecule has 0 aliphatic carbocycles. The van der Waals surface area contributed by atoms with E-state index in [4.69, 9.17) is 9.47 Å². The minimum absolute atomic E-state index is 0.506. The number of nitrogens with one attached hydrogen (secondary N) is 1. The van der Waals surface area contributed by atoms with Crippen molar-refractivity contribution in [1.29, 1.82) is 0 Å². The molecular weight excluding hydrogens is 154 g/mol. The van der Waals surface area contributed by atoms with Crippen LogP contribution in [0.5, 0.6) is 0 Å². The van der Waals surface area contributed by atoms with Crippen LogP contribution in [0, 0.1) is 11.8 Å². The fourth-order valence-corrected chi connectivity index (χ4v) is 0.590. The zero-order valence-electron chi connectivity index (χ0n) is 7.85. The first-order valence-corrected chi connectivity index (χ1v) is 4.11. The van der Waals surface area contributed by atoms with Gasteiger partial charge in [0.1, 0.15) is 6.61 Å². The number of rotatable bonds is 7. The molecule has 3 nitrogen and oxygen atoms in total. The predicted octanol–water partition coefficient (Wildman–Crippen LogP) is 0.262. The van der Waals surface area contributed by atoms with Gasteiger partial charge in [-0.05, 0) is 14.0 Å². The van der Waals surface area contributed by atoms with Gasteiger partial charge in [0.2, 0.25) is 0 Å². The molecule has 0 aromatic carbocycles. The van der Waals surface area contributed by atoms with Gasteiger partial charge in [-0.2, -0.15) is 0 Å². The van der Waals surface area contributed by atoms with Crippen LogP contribution in [0.4, 0.5) is 0 Å². The highest BCUT2D eigenvalue weighted by molar-refractivity contribution is 4.94. The molecule has 0 spiro atoms. The number of likely N-dealkylation sites (N-methyl/N-ethyl adjacent to an activating group) is 1. The Hall–Kier alpha value is -0.560. The van der Waals surface area contributed by atoms with Crippen molar-refractivity contribution in [2.75, 3.05) is 40.0 Å². The largest absolute Gasteiger partial charge is 0.378 e. The molecule has 0 aromatic heterocycles. The zero-order chi connectivity index (χ0) is 9.07. The molecule has 0 saturated heterocycles. The summed E-state index contributed by atoms with van der Waals surface area (Å²) in [5, 5.41) is 2.99. The molecule has 0 unspecified atom stereocenters. The molecule has 3 heteroatoms. The Morgan fingerprint density at radius 2 is 1.92 bits per heavy atom. The molecule has 0 bridgehead atoms. The van der Waals surface area contributed by atoms with Gasteiger partial charge in [-0.1, -0.05) is 5.92 Å². The summed E-state index contributed by atoms with van der Waals surface area (Å²) in [7, 11) is 1.90. The van der Waals surface area contributed by atoms with Crippen LogP contribution < -0.4 is 5.32 Å². The maximum Gasteiger partial charge on any atom is 0.107 e. The number of hydrogen-bond donors (Lipinski definition) is 1. The first-order valence-electron chi connectivity index (χ1n) is 4.11. The second-order valence-corrected chi connectivity index (χ2v) is 2.20. The zero-order valence-corrected chi connectivity index (χ0v) is 7.85. The molecule has 0 aromatic rings. The Morgan fingerprint density at radius 1 is 1.17 bits per heavy atom. The molecule has 70 valence electrons. The standard InChI is InChI=1S/C9H17NO2/c1-3-4-6-11-8-9-12-7-5-10-2/h10H,5-9H2,1-2H3. The summed E-state index contributed by atoms with van der Waals surface area (Å²) < 4.78 is 10.4. The lowest BCUT2D eigenvalue weighted by molar-refractivity contribution is 0.0618. The third-order valence-corrected chi connectivity index (χ3v) is 1.22. The lowest BCUT2D eigenvalue weighted by Crippen LogP contribution is -2.16. The van der Waals surface area contributed by atoms with Crippen LogP contribution in [0.15, 0.2) is 0 Å². The molecule has 0 atom stereocenters. The van der Waals surface area contributed by atoms with Gasteiger partial charge in [0, 0.05) is 6.54 Å². The van der Waals surface area contributed by atoms with Crippen LogP contribution in [0.3, 0.4) is 0 Å². The lowest BCUT2D eigenvalue weighted by Gasteiger charge is -2.02. The van der Waals surface area contributed by atoms with E-state index in [0.717, 1.165) is 13.2 Å². The smallest absolute Gasteiger partial charge is 0.107 e. The van der Waals surface area contributed by atoms with Crippen LogP contribution in [-0.4, -0.2) is 40.0 Å². The Morgan fingerprint density at radius 3 is 2.58 bits per heavy atom. The second kappa shape index (κ2) is 10.4. The van der Waals surface area contributed by atoms with Crippen LogP contribution in [0.25, 0.3) is 0 Å². The van der Waals surface area contributed by atoms with Crippen molar-refractivity contribution in [3.8, 4) is 11.8 Å². The van der Waals surface area contributed by atoms with Gasteiger partial charge in [-0.3, -0.25) is 0 Å². The van der Waals surface area contributed by atoms with Crippen molar-refractivity contribution in [3.63, 3.8) is 0 Å². The third-order valence-electron chi connectivity index (χ3n) is 1.22. The summed E-state index contributed by atoms with van der Waals surface area (Å²) in [6.07, 6.45) is 0. The van der Waals surface area contributed by atoms with E-state index in [0.29, 0.717) is 19.8 Å². The summed E-state index contributed by atoms with van der Waals surface area (Å²) >= 11 is 0. The average molecular weight is 171 g/mol. The van der Waals surface area contributed by atoms with Crippen molar-refractivity contribution >= 4 is 0 Å². The summed E-state index contributed by atoms with van der Waals surface area (Å²) in [6, 6.07) is 0. The SMILES string of the molecule is CC#CCOCCOCCNC. The van der Waals surface area contributed by atoms with Gasteiger partial charge < -0.3 is 14.8 Å². The Bertz CT molecular complexity index is 137. The van der Waals surface area contributed by atoms with Gasteiger partial charge >= 0.3 is 0 Å². The van der Waals surface area contributed by atoms with Gasteiger partial charge in [0.15, 0.2) is 0 Å².